The Hall–Kier alpha value is -0.520. The summed E-state index contributed by atoms with van der Waals surface area (Å²) in [5, 5.41) is 12.9. The lowest BCUT2D eigenvalue weighted by Crippen LogP contribution is -2.31. The van der Waals surface area contributed by atoms with Crippen LogP contribution in [0.1, 0.15) is 6.92 Å². The Morgan fingerprint density at radius 1 is 1.67 bits per heavy atom. The van der Waals surface area contributed by atoms with Crippen LogP contribution in [0, 0.1) is 0 Å². The fourth-order valence-corrected chi connectivity index (χ4v) is 1.95. The fourth-order valence-electron chi connectivity index (χ4n) is 1.16. The van der Waals surface area contributed by atoms with Crippen molar-refractivity contribution in [2.45, 2.75) is 18.2 Å². The molecule has 0 aliphatic rings. The van der Waals surface area contributed by atoms with Crippen LogP contribution < -0.4 is 5.32 Å². The second-order valence-corrected chi connectivity index (χ2v) is 4.59. The van der Waals surface area contributed by atoms with Gasteiger partial charge in [-0.15, -0.1) is 0 Å². The van der Waals surface area contributed by atoms with Crippen LogP contribution in [-0.4, -0.2) is 39.2 Å². The molecule has 0 fully saturated rings. The third kappa shape index (κ3) is 3.52. The Morgan fingerprint density at radius 3 is 2.93 bits per heavy atom. The zero-order valence-electron chi connectivity index (χ0n) is 8.64. The Morgan fingerprint density at radius 2 is 2.40 bits per heavy atom. The highest BCUT2D eigenvalue weighted by atomic mass is 35.5. The van der Waals surface area contributed by atoms with E-state index in [2.05, 4.69) is 15.3 Å². The lowest BCUT2D eigenvalue weighted by atomic mass is 10.2. The van der Waals surface area contributed by atoms with E-state index in [9.17, 15) is 0 Å². The second kappa shape index (κ2) is 6.15. The first-order chi connectivity index (χ1) is 7.19. The molecule has 1 rings (SSSR count). The minimum Gasteiger partial charge on any atom is -0.395 e. The molecule has 2 atom stereocenters. The Kier molecular flexibility index (Phi) is 5.14. The average Bonchev–Trinajstić information content (AvgIpc) is 2.23. The van der Waals surface area contributed by atoms with Crippen molar-refractivity contribution >= 4 is 29.2 Å². The van der Waals surface area contributed by atoms with Gasteiger partial charge in [-0.1, -0.05) is 11.6 Å². The van der Waals surface area contributed by atoms with Crippen LogP contribution in [0.3, 0.4) is 0 Å². The topological polar surface area (TPSA) is 58.0 Å². The summed E-state index contributed by atoms with van der Waals surface area (Å²) >= 11 is 7.51. The molecule has 0 aliphatic heterocycles. The second-order valence-electron chi connectivity index (χ2n) is 3.11. The van der Waals surface area contributed by atoms with E-state index in [4.69, 9.17) is 16.7 Å². The van der Waals surface area contributed by atoms with Crippen molar-refractivity contribution in [2.24, 2.45) is 0 Å². The molecule has 0 amide bonds. The number of nitrogens with zero attached hydrogens (tertiary/aromatic N) is 2. The van der Waals surface area contributed by atoms with E-state index >= 15 is 0 Å². The molecular weight excluding hydrogens is 234 g/mol. The van der Waals surface area contributed by atoms with E-state index in [1.165, 1.54) is 12.5 Å². The molecule has 0 aromatic carbocycles. The molecular formula is C9H14ClN3OS. The van der Waals surface area contributed by atoms with Gasteiger partial charge in [0.05, 0.1) is 12.8 Å². The van der Waals surface area contributed by atoms with Crippen LogP contribution in [0.25, 0.3) is 0 Å². The molecule has 0 aliphatic carbocycles. The Balaban J connectivity index is 2.65. The minimum atomic E-state index is 0.0948. The summed E-state index contributed by atoms with van der Waals surface area (Å²) in [6, 6.07) is 0.0948. The Bertz CT molecular complexity index is 309. The number of nitrogens with one attached hydrogen (secondary N) is 1. The lowest BCUT2D eigenvalue weighted by Gasteiger charge is -2.21. The fraction of sp³-hybridized carbons (Fsp3) is 0.556. The van der Waals surface area contributed by atoms with Gasteiger partial charge in [0.15, 0.2) is 0 Å². The van der Waals surface area contributed by atoms with E-state index in [1.54, 1.807) is 11.8 Å². The summed E-state index contributed by atoms with van der Waals surface area (Å²) in [5.74, 6) is 0.603. The maximum atomic E-state index is 9.12. The number of hydrogen-bond acceptors (Lipinski definition) is 5. The molecule has 84 valence electrons. The maximum absolute atomic E-state index is 9.12. The van der Waals surface area contributed by atoms with Gasteiger partial charge >= 0.3 is 0 Å². The zero-order valence-corrected chi connectivity index (χ0v) is 10.2. The quantitative estimate of drug-likeness (QED) is 0.829. The van der Waals surface area contributed by atoms with Crippen LogP contribution in [0.2, 0.25) is 5.02 Å². The first-order valence-electron chi connectivity index (χ1n) is 4.54. The normalized spacial score (nSPS) is 14.7. The van der Waals surface area contributed by atoms with Crippen molar-refractivity contribution in [3.05, 3.63) is 17.5 Å². The summed E-state index contributed by atoms with van der Waals surface area (Å²) in [5.41, 5.74) is 0. The summed E-state index contributed by atoms with van der Waals surface area (Å²) in [6.07, 6.45) is 4.94. The van der Waals surface area contributed by atoms with Gasteiger partial charge in [-0.25, -0.2) is 9.97 Å². The van der Waals surface area contributed by atoms with Gasteiger partial charge < -0.3 is 10.4 Å². The molecule has 0 saturated heterocycles. The molecule has 6 heteroatoms. The number of halogens is 1. The number of aliphatic hydroxyl groups excluding tert-OH is 1. The van der Waals surface area contributed by atoms with Gasteiger partial charge in [-0.2, -0.15) is 11.8 Å². The molecule has 0 saturated carbocycles. The molecule has 0 spiro atoms. The molecule has 2 unspecified atom stereocenters. The van der Waals surface area contributed by atoms with Gasteiger partial charge in [0.2, 0.25) is 0 Å². The third-order valence-corrected chi connectivity index (χ3v) is 3.51. The largest absolute Gasteiger partial charge is 0.395 e. The maximum Gasteiger partial charge on any atom is 0.148 e. The standard InChI is InChI=1S/C9H14ClN3OS/c1-6(8(4-14)15-2)13-9-7(10)3-11-5-12-9/h3,5-6,8,14H,4H2,1-2H3,(H,11,12,13). The van der Waals surface area contributed by atoms with Crippen LogP contribution >= 0.6 is 23.4 Å². The molecule has 1 aromatic rings. The van der Waals surface area contributed by atoms with Crippen LogP contribution in [-0.2, 0) is 0 Å². The SMILES string of the molecule is CSC(CO)C(C)Nc1ncncc1Cl. The number of thioether (sulfide) groups is 1. The summed E-state index contributed by atoms with van der Waals surface area (Å²) < 4.78 is 0. The van der Waals surface area contributed by atoms with E-state index in [0.717, 1.165) is 0 Å². The summed E-state index contributed by atoms with van der Waals surface area (Å²) in [7, 11) is 0. The third-order valence-electron chi connectivity index (χ3n) is 2.07. The smallest absolute Gasteiger partial charge is 0.148 e. The molecule has 15 heavy (non-hydrogen) atoms. The highest BCUT2D eigenvalue weighted by Crippen LogP contribution is 2.20. The first kappa shape index (κ1) is 12.5. The lowest BCUT2D eigenvalue weighted by molar-refractivity contribution is 0.288. The number of anilines is 1. The van der Waals surface area contributed by atoms with Crippen molar-refractivity contribution in [1.82, 2.24) is 9.97 Å². The number of rotatable bonds is 5. The van der Waals surface area contributed by atoms with Crippen LogP contribution in [0.15, 0.2) is 12.5 Å². The van der Waals surface area contributed by atoms with E-state index < -0.39 is 0 Å². The van der Waals surface area contributed by atoms with Crippen molar-refractivity contribution in [3.8, 4) is 0 Å². The molecule has 2 N–H and O–H groups in total. The highest BCUT2D eigenvalue weighted by Gasteiger charge is 2.16. The van der Waals surface area contributed by atoms with Gasteiger partial charge in [0.1, 0.15) is 17.2 Å². The predicted octanol–water partition coefficient (Wildman–Crippen LogP) is 1.65. The van der Waals surface area contributed by atoms with Crippen molar-refractivity contribution in [1.29, 1.82) is 0 Å². The molecule has 0 bridgehead atoms. The summed E-state index contributed by atoms with van der Waals surface area (Å²) in [6.45, 7) is 2.11. The summed E-state index contributed by atoms with van der Waals surface area (Å²) in [4.78, 5) is 7.82. The number of hydrogen-bond donors (Lipinski definition) is 2. The Labute approximate surface area is 98.5 Å². The average molecular weight is 248 g/mol. The van der Waals surface area contributed by atoms with Gasteiger partial charge in [0, 0.05) is 11.3 Å². The zero-order chi connectivity index (χ0) is 11.3. The molecule has 0 radical (unpaired) electrons. The molecule has 1 heterocycles. The van der Waals surface area contributed by atoms with E-state index in [0.29, 0.717) is 10.8 Å². The molecule has 1 aromatic heterocycles. The number of aliphatic hydroxyl groups is 1. The van der Waals surface area contributed by atoms with Crippen LogP contribution in [0.4, 0.5) is 5.82 Å². The van der Waals surface area contributed by atoms with Crippen molar-refractivity contribution < 1.29 is 5.11 Å². The van der Waals surface area contributed by atoms with Crippen molar-refractivity contribution in [2.75, 3.05) is 18.2 Å². The molecule has 4 nitrogen and oxygen atoms in total. The van der Waals surface area contributed by atoms with Gasteiger partial charge in [-0.3, -0.25) is 0 Å². The first-order valence-corrected chi connectivity index (χ1v) is 6.21. The van der Waals surface area contributed by atoms with Gasteiger partial charge in [0.25, 0.3) is 0 Å². The predicted molar refractivity (Wildman–Crippen MR) is 64.5 cm³/mol. The van der Waals surface area contributed by atoms with E-state index in [1.807, 2.05) is 13.2 Å². The minimum absolute atomic E-state index is 0.0948. The number of aromatic nitrogens is 2. The highest BCUT2D eigenvalue weighted by molar-refractivity contribution is 7.99. The van der Waals surface area contributed by atoms with Crippen molar-refractivity contribution in [3.63, 3.8) is 0 Å². The monoisotopic (exact) mass is 247 g/mol. The van der Waals surface area contributed by atoms with Gasteiger partial charge in [-0.05, 0) is 13.2 Å². The van der Waals surface area contributed by atoms with Crippen LogP contribution in [0.5, 0.6) is 0 Å². The van der Waals surface area contributed by atoms with E-state index in [-0.39, 0.29) is 17.9 Å².